The van der Waals surface area contributed by atoms with Crippen LogP contribution in [0.5, 0.6) is 5.75 Å². The minimum Gasteiger partial charge on any atom is -0.496 e. The van der Waals surface area contributed by atoms with E-state index < -0.39 is 0 Å². The Balaban J connectivity index is 1.77. The van der Waals surface area contributed by atoms with E-state index in [1.54, 1.807) is 18.4 Å². The molecule has 4 rings (SSSR count). The molecule has 0 atom stereocenters. The molecule has 0 unspecified atom stereocenters. The van der Waals surface area contributed by atoms with Crippen molar-refractivity contribution >= 4 is 34.0 Å². The van der Waals surface area contributed by atoms with Crippen LogP contribution in [0.15, 0.2) is 48.5 Å². The number of benzene rings is 2. The van der Waals surface area contributed by atoms with E-state index in [1.165, 1.54) is 15.0 Å². The Labute approximate surface area is 159 Å². The van der Waals surface area contributed by atoms with Crippen LogP contribution in [0.3, 0.4) is 0 Å². The van der Waals surface area contributed by atoms with Gasteiger partial charge in [-0.15, -0.1) is 11.3 Å². The van der Waals surface area contributed by atoms with Crippen molar-refractivity contribution in [1.82, 2.24) is 0 Å². The molecule has 2 heterocycles. The van der Waals surface area contributed by atoms with Gasteiger partial charge in [-0.25, -0.2) is 0 Å². The van der Waals surface area contributed by atoms with Crippen molar-refractivity contribution in [3.63, 3.8) is 0 Å². The molecule has 26 heavy (non-hydrogen) atoms. The molecule has 1 aliphatic rings. The second-order valence-electron chi connectivity index (χ2n) is 7.70. The van der Waals surface area contributed by atoms with Crippen molar-refractivity contribution in [2.45, 2.75) is 38.9 Å². The van der Waals surface area contributed by atoms with Gasteiger partial charge in [0.05, 0.1) is 18.3 Å². The first-order valence-electron chi connectivity index (χ1n) is 8.83. The fourth-order valence-corrected chi connectivity index (χ4v) is 4.24. The molecule has 0 bridgehead atoms. The van der Waals surface area contributed by atoms with Crippen molar-refractivity contribution < 1.29 is 14.0 Å². The summed E-state index contributed by atoms with van der Waals surface area (Å²) in [5.41, 5.74) is 1.38. The molecular weight excluding hydrogens is 343 g/mol. The monoisotopic (exact) mass is 366 g/mol. The van der Waals surface area contributed by atoms with Crippen molar-refractivity contribution in [1.29, 1.82) is 0 Å². The van der Waals surface area contributed by atoms with E-state index in [2.05, 4.69) is 64.1 Å². The quantitative estimate of drug-likeness (QED) is 0.619. The molecule has 1 aromatic heterocycles. The van der Waals surface area contributed by atoms with Gasteiger partial charge >= 0.3 is 7.12 Å². The van der Waals surface area contributed by atoms with Crippen LogP contribution >= 0.6 is 11.3 Å². The predicted molar refractivity (Wildman–Crippen MR) is 110 cm³/mol. The molecule has 3 nitrogen and oxygen atoms in total. The van der Waals surface area contributed by atoms with Crippen LogP contribution in [0.2, 0.25) is 0 Å². The summed E-state index contributed by atoms with van der Waals surface area (Å²) in [6.07, 6.45) is 0. The van der Waals surface area contributed by atoms with E-state index in [0.717, 1.165) is 16.8 Å². The third-order valence-corrected chi connectivity index (χ3v) is 6.59. The molecule has 0 amide bonds. The summed E-state index contributed by atoms with van der Waals surface area (Å²) in [6, 6.07) is 16.8. The Morgan fingerprint density at radius 3 is 2.27 bits per heavy atom. The van der Waals surface area contributed by atoms with Gasteiger partial charge in [-0.1, -0.05) is 30.3 Å². The molecule has 0 N–H and O–H groups in total. The van der Waals surface area contributed by atoms with Crippen LogP contribution in [-0.2, 0) is 9.31 Å². The Bertz CT molecular complexity index is 912. The second-order valence-corrected chi connectivity index (χ2v) is 8.78. The first-order valence-corrected chi connectivity index (χ1v) is 9.65. The van der Waals surface area contributed by atoms with Gasteiger partial charge in [0.15, 0.2) is 0 Å². The Hall–Kier alpha value is -1.82. The Morgan fingerprint density at radius 2 is 1.62 bits per heavy atom. The summed E-state index contributed by atoms with van der Waals surface area (Å²) in [4.78, 5) is 1.18. The normalized spacial score (nSPS) is 18.4. The van der Waals surface area contributed by atoms with Gasteiger partial charge in [0.1, 0.15) is 5.75 Å². The smallest absolute Gasteiger partial charge is 0.494 e. The number of hydrogen-bond acceptors (Lipinski definition) is 4. The minimum absolute atomic E-state index is 0.352. The van der Waals surface area contributed by atoms with E-state index in [1.807, 2.05) is 12.1 Å². The molecular formula is C21H23BO3S. The van der Waals surface area contributed by atoms with E-state index in [9.17, 15) is 0 Å². The maximum Gasteiger partial charge on any atom is 0.494 e. The average Bonchev–Trinajstić information content (AvgIpc) is 3.12. The van der Waals surface area contributed by atoms with E-state index >= 15 is 0 Å². The van der Waals surface area contributed by atoms with E-state index in [4.69, 9.17) is 14.0 Å². The summed E-state index contributed by atoms with van der Waals surface area (Å²) < 4.78 is 19.3. The standard InChI is InChI=1S/C21H23BO3S/c1-20(2)21(3,4)25-22(24-20)15-10-11-17(23-5)16(13-15)19-12-14-8-6-7-9-18(14)26-19/h6-13H,1-5H3. The summed E-state index contributed by atoms with van der Waals surface area (Å²) in [7, 11) is 1.33. The third-order valence-electron chi connectivity index (χ3n) is 5.44. The molecule has 0 saturated carbocycles. The molecule has 2 aromatic carbocycles. The maximum absolute atomic E-state index is 6.21. The highest BCUT2D eigenvalue weighted by molar-refractivity contribution is 7.22. The van der Waals surface area contributed by atoms with Gasteiger partial charge < -0.3 is 14.0 Å². The lowest BCUT2D eigenvalue weighted by Gasteiger charge is -2.32. The molecule has 0 spiro atoms. The lowest BCUT2D eigenvalue weighted by molar-refractivity contribution is 0.00578. The number of thiophene rings is 1. The van der Waals surface area contributed by atoms with Crippen LogP contribution in [-0.4, -0.2) is 25.4 Å². The molecule has 0 aliphatic carbocycles. The topological polar surface area (TPSA) is 27.7 Å². The number of methoxy groups -OCH3 is 1. The van der Waals surface area contributed by atoms with Crippen LogP contribution in [0.4, 0.5) is 0 Å². The largest absolute Gasteiger partial charge is 0.496 e. The zero-order chi connectivity index (χ0) is 18.5. The summed E-state index contributed by atoms with van der Waals surface area (Å²) in [6.45, 7) is 8.29. The predicted octanol–water partition coefficient (Wildman–Crippen LogP) is 4.88. The van der Waals surface area contributed by atoms with Crippen molar-refractivity contribution in [2.75, 3.05) is 7.11 Å². The molecule has 1 aliphatic heterocycles. The highest BCUT2D eigenvalue weighted by Gasteiger charge is 2.51. The zero-order valence-corrected chi connectivity index (χ0v) is 16.6. The van der Waals surface area contributed by atoms with Gasteiger partial charge in [0, 0.05) is 15.1 Å². The average molecular weight is 366 g/mol. The van der Waals surface area contributed by atoms with Crippen molar-refractivity contribution in [2.24, 2.45) is 0 Å². The highest BCUT2D eigenvalue weighted by atomic mass is 32.1. The lowest BCUT2D eigenvalue weighted by atomic mass is 9.78. The van der Waals surface area contributed by atoms with E-state index in [-0.39, 0.29) is 18.3 Å². The lowest BCUT2D eigenvalue weighted by Crippen LogP contribution is -2.41. The van der Waals surface area contributed by atoms with Crippen molar-refractivity contribution in [3.8, 4) is 16.2 Å². The zero-order valence-electron chi connectivity index (χ0n) is 15.8. The van der Waals surface area contributed by atoms with Gasteiger partial charge in [-0.2, -0.15) is 0 Å². The molecule has 5 heteroatoms. The second kappa shape index (κ2) is 6.12. The SMILES string of the molecule is COc1ccc(B2OC(C)(C)C(C)(C)O2)cc1-c1cc2ccccc2s1. The molecule has 3 aromatic rings. The Kier molecular flexibility index (Phi) is 4.14. The minimum atomic E-state index is -0.376. The van der Waals surface area contributed by atoms with Crippen LogP contribution in [0.25, 0.3) is 20.5 Å². The van der Waals surface area contributed by atoms with Gasteiger partial charge in [-0.05, 0) is 56.7 Å². The maximum atomic E-state index is 6.21. The first kappa shape index (κ1) is 17.6. The Morgan fingerprint density at radius 1 is 0.923 bits per heavy atom. The fraction of sp³-hybridized carbons (Fsp3) is 0.333. The summed E-state index contributed by atoms with van der Waals surface area (Å²) >= 11 is 1.77. The molecule has 1 fully saturated rings. The van der Waals surface area contributed by atoms with Crippen LogP contribution in [0, 0.1) is 0 Å². The van der Waals surface area contributed by atoms with Crippen LogP contribution < -0.4 is 10.2 Å². The number of ether oxygens (including phenoxy) is 1. The summed E-state index contributed by atoms with van der Waals surface area (Å²) in [5.74, 6) is 0.858. The molecule has 1 saturated heterocycles. The van der Waals surface area contributed by atoms with Gasteiger partial charge in [0.25, 0.3) is 0 Å². The third kappa shape index (κ3) is 2.84. The van der Waals surface area contributed by atoms with Gasteiger partial charge in [-0.3, -0.25) is 0 Å². The number of hydrogen-bond donors (Lipinski definition) is 0. The summed E-state index contributed by atoms with van der Waals surface area (Å²) in [5, 5.41) is 1.25. The molecule has 134 valence electrons. The molecule has 0 radical (unpaired) electrons. The highest BCUT2D eigenvalue weighted by Crippen LogP contribution is 2.39. The van der Waals surface area contributed by atoms with Gasteiger partial charge in [0.2, 0.25) is 0 Å². The first-order chi connectivity index (χ1) is 12.3. The van der Waals surface area contributed by atoms with E-state index in [0.29, 0.717) is 0 Å². The number of rotatable bonds is 3. The number of fused-ring (bicyclic) bond motifs is 1. The fourth-order valence-electron chi connectivity index (χ4n) is 3.16. The van der Waals surface area contributed by atoms with Crippen molar-refractivity contribution in [3.05, 3.63) is 48.5 Å². The van der Waals surface area contributed by atoms with Crippen LogP contribution in [0.1, 0.15) is 27.7 Å².